The molecule has 0 N–H and O–H groups in total. The Labute approximate surface area is 195 Å². The third-order valence-corrected chi connectivity index (χ3v) is 6.41. The van der Waals surface area contributed by atoms with Crippen molar-refractivity contribution in [3.8, 4) is 0 Å². The number of imide groups is 1. The van der Waals surface area contributed by atoms with Crippen molar-refractivity contribution < 1.29 is 19.2 Å². The van der Waals surface area contributed by atoms with Crippen LogP contribution in [-0.2, 0) is 14.3 Å². The zero-order chi connectivity index (χ0) is 24.0. The first-order valence-electron chi connectivity index (χ1n) is 11.7. The molecule has 1 saturated heterocycles. The second kappa shape index (κ2) is 11.4. The Balaban J connectivity index is 1.84. The minimum absolute atomic E-state index is 0.0533. The van der Waals surface area contributed by atoms with Gasteiger partial charge in [-0.05, 0) is 63.5 Å². The molecule has 1 aromatic rings. The second-order valence-corrected chi connectivity index (χ2v) is 8.75. The Morgan fingerprint density at radius 3 is 2.33 bits per heavy atom. The Kier molecular flexibility index (Phi) is 8.57. The molecule has 0 atom stereocenters. The van der Waals surface area contributed by atoms with Gasteiger partial charge in [0.25, 0.3) is 17.5 Å². The van der Waals surface area contributed by atoms with E-state index in [9.17, 15) is 19.7 Å². The molecule has 180 valence electrons. The Hall–Kier alpha value is -2.78. The van der Waals surface area contributed by atoms with E-state index >= 15 is 0 Å². The average Bonchev–Trinajstić information content (AvgIpc) is 3.06. The van der Waals surface area contributed by atoms with Crippen LogP contribution in [0.2, 0.25) is 0 Å². The van der Waals surface area contributed by atoms with E-state index in [0.717, 1.165) is 38.8 Å². The first-order chi connectivity index (χ1) is 15.8. The maximum atomic E-state index is 13.4. The molecule has 9 heteroatoms. The molecule has 0 bridgehead atoms. The van der Waals surface area contributed by atoms with Crippen LogP contribution < -0.4 is 0 Å². The van der Waals surface area contributed by atoms with Crippen molar-refractivity contribution in [1.29, 1.82) is 0 Å². The van der Waals surface area contributed by atoms with Crippen LogP contribution >= 0.6 is 0 Å². The maximum absolute atomic E-state index is 13.4. The summed E-state index contributed by atoms with van der Waals surface area (Å²) in [5.74, 6) is -0.652. The van der Waals surface area contributed by atoms with Crippen molar-refractivity contribution in [3.63, 3.8) is 0 Å². The topological polar surface area (TPSA) is 96.2 Å². The zero-order valence-electron chi connectivity index (χ0n) is 19.8. The Bertz CT molecular complexity index is 891. The minimum atomic E-state index is -0.476. The van der Waals surface area contributed by atoms with Crippen molar-refractivity contribution in [1.82, 2.24) is 14.7 Å². The van der Waals surface area contributed by atoms with Crippen LogP contribution in [0.1, 0.15) is 44.6 Å². The molecule has 0 aliphatic carbocycles. The first-order valence-corrected chi connectivity index (χ1v) is 11.7. The molecule has 2 aliphatic heterocycles. The summed E-state index contributed by atoms with van der Waals surface area (Å²) in [7, 11) is 3.95. The van der Waals surface area contributed by atoms with Gasteiger partial charge in [-0.1, -0.05) is 13.3 Å². The lowest BCUT2D eigenvalue weighted by Crippen LogP contribution is -2.43. The number of hydrogen-bond acceptors (Lipinski definition) is 7. The molecular formula is C24H34N4O5. The summed E-state index contributed by atoms with van der Waals surface area (Å²) in [6.07, 6.45) is 4.41. The van der Waals surface area contributed by atoms with Crippen molar-refractivity contribution in [3.05, 3.63) is 45.6 Å². The average molecular weight is 459 g/mol. The number of hydrogen-bond donors (Lipinski definition) is 0. The molecule has 3 rings (SSSR count). The maximum Gasteiger partial charge on any atom is 0.277 e. The van der Waals surface area contributed by atoms with Gasteiger partial charge in [-0.15, -0.1) is 0 Å². The Morgan fingerprint density at radius 2 is 1.73 bits per heavy atom. The normalized spacial score (nSPS) is 17.8. The van der Waals surface area contributed by atoms with Crippen LogP contribution in [-0.4, -0.2) is 84.4 Å². The van der Waals surface area contributed by atoms with Gasteiger partial charge in [-0.3, -0.25) is 24.6 Å². The van der Waals surface area contributed by atoms with Crippen LogP contribution in [0.5, 0.6) is 0 Å². The predicted molar refractivity (Wildman–Crippen MR) is 125 cm³/mol. The van der Waals surface area contributed by atoms with E-state index < -0.39 is 4.92 Å². The summed E-state index contributed by atoms with van der Waals surface area (Å²) in [4.78, 5) is 42.9. The molecule has 0 aromatic heterocycles. The number of carbonyl (C=O) groups is 2. The van der Waals surface area contributed by atoms with Gasteiger partial charge in [0.15, 0.2) is 0 Å². The summed E-state index contributed by atoms with van der Waals surface area (Å²) < 4.78 is 5.59. The summed E-state index contributed by atoms with van der Waals surface area (Å²) in [5, 5.41) is 11.1. The number of piperidine rings is 1. The lowest BCUT2D eigenvalue weighted by Gasteiger charge is -2.36. The van der Waals surface area contributed by atoms with E-state index in [0.29, 0.717) is 36.5 Å². The minimum Gasteiger partial charge on any atom is -0.381 e. The van der Waals surface area contributed by atoms with Crippen LogP contribution in [0.4, 0.5) is 5.69 Å². The number of nitro benzene ring substituents is 1. The van der Waals surface area contributed by atoms with Gasteiger partial charge in [0.1, 0.15) is 5.70 Å². The van der Waals surface area contributed by atoms with E-state index in [1.54, 1.807) is 12.1 Å². The van der Waals surface area contributed by atoms with Crippen LogP contribution in [0, 0.1) is 10.1 Å². The number of nitro groups is 1. The van der Waals surface area contributed by atoms with E-state index in [2.05, 4.69) is 18.9 Å². The van der Waals surface area contributed by atoms with Crippen LogP contribution in [0.3, 0.4) is 0 Å². The molecule has 2 heterocycles. The summed E-state index contributed by atoms with van der Waals surface area (Å²) >= 11 is 0. The van der Waals surface area contributed by atoms with Crippen molar-refractivity contribution in [2.24, 2.45) is 0 Å². The fraction of sp³-hybridized carbons (Fsp3) is 0.583. The lowest BCUT2D eigenvalue weighted by atomic mass is 10.00. The molecule has 33 heavy (non-hydrogen) atoms. The molecule has 0 radical (unpaired) electrons. The monoisotopic (exact) mass is 458 g/mol. The molecule has 1 fully saturated rings. The van der Waals surface area contributed by atoms with Gasteiger partial charge in [0, 0.05) is 45.0 Å². The van der Waals surface area contributed by atoms with Gasteiger partial charge < -0.3 is 14.5 Å². The zero-order valence-corrected chi connectivity index (χ0v) is 19.8. The van der Waals surface area contributed by atoms with Crippen LogP contribution in [0.15, 0.2) is 30.0 Å². The molecule has 1 aromatic carbocycles. The fourth-order valence-corrected chi connectivity index (χ4v) is 4.34. The van der Waals surface area contributed by atoms with Gasteiger partial charge in [0.05, 0.1) is 10.5 Å². The van der Waals surface area contributed by atoms with Crippen LogP contribution in [0.25, 0.3) is 5.57 Å². The fourth-order valence-electron chi connectivity index (χ4n) is 4.34. The van der Waals surface area contributed by atoms with E-state index in [4.69, 9.17) is 4.74 Å². The van der Waals surface area contributed by atoms with Gasteiger partial charge >= 0.3 is 0 Å². The van der Waals surface area contributed by atoms with E-state index in [1.807, 2.05) is 11.9 Å². The van der Waals surface area contributed by atoms with E-state index in [-0.39, 0.29) is 30.1 Å². The van der Waals surface area contributed by atoms with Gasteiger partial charge in [-0.25, -0.2) is 0 Å². The van der Waals surface area contributed by atoms with Crippen molar-refractivity contribution in [2.75, 3.05) is 46.9 Å². The number of amides is 2. The highest BCUT2D eigenvalue weighted by Crippen LogP contribution is 2.34. The summed E-state index contributed by atoms with van der Waals surface area (Å²) in [5.41, 5.74) is 1.18. The standard InChI is InChI=1S/C24H34N4O5/c1-4-5-16-33-17-6-13-27-23(29)21(18-7-9-20(10-8-18)28(31)32)22(24(27)30)26(3)19-11-14-25(2)15-12-19/h7-10,19H,4-6,11-17H2,1-3H3. The number of unbranched alkanes of at least 4 members (excludes halogenated alkanes) is 1. The summed E-state index contributed by atoms with van der Waals surface area (Å²) in [6, 6.07) is 6.00. The van der Waals surface area contributed by atoms with Gasteiger partial charge in [-0.2, -0.15) is 0 Å². The smallest absolute Gasteiger partial charge is 0.277 e. The highest BCUT2D eigenvalue weighted by Gasteiger charge is 2.42. The van der Waals surface area contributed by atoms with Crippen molar-refractivity contribution >= 4 is 23.1 Å². The number of carbonyl (C=O) groups excluding carboxylic acids is 2. The molecule has 2 aliphatic rings. The third kappa shape index (κ3) is 5.78. The second-order valence-electron chi connectivity index (χ2n) is 8.75. The van der Waals surface area contributed by atoms with Crippen molar-refractivity contribution in [2.45, 2.75) is 45.1 Å². The quantitative estimate of drug-likeness (QED) is 0.218. The number of non-ortho nitro benzene ring substituents is 1. The van der Waals surface area contributed by atoms with Gasteiger partial charge in [0.2, 0.25) is 0 Å². The molecule has 0 unspecified atom stereocenters. The summed E-state index contributed by atoms with van der Waals surface area (Å²) in [6.45, 7) is 5.40. The Morgan fingerprint density at radius 1 is 1.09 bits per heavy atom. The largest absolute Gasteiger partial charge is 0.381 e. The molecule has 9 nitrogen and oxygen atoms in total. The molecule has 2 amide bonds. The highest BCUT2D eigenvalue weighted by molar-refractivity contribution is 6.35. The molecule has 0 saturated carbocycles. The number of likely N-dealkylation sites (tertiary alicyclic amines) is 1. The predicted octanol–water partition coefficient (Wildman–Crippen LogP) is 2.91. The number of nitrogens with zero attached hydrogens (tertiary/aromatic N) is 4. The SMILES string of the molecule is CCCCOCCCN1C(=O)C(c2ccc([N+](=O)[O-])cc2)=C(N(C)C2CCN(C)CC2)C1=O. The molecular weight excluding hydrogens is 424 g/mol. The lowest BCUT2D eigenvalue weighted by molar-refractivity contribution is -0.384. The number of rotatable bonds is 11. The number of ether oxygens (including phenoxy) is 1. The first kappa shape index (κ1) is 24.9. The highest BCUT2D eigenvalue weighted by atomic mass is 16.6. The van der Waals surface area contributed by atoms with E-state index in [1.165, 1.54) is 17.0 Å². The number of benzene rings is 1. The molecule has 0 spiro atoms. The number of likely N-dealkylation sites (N-methyl/N-ethyl adjacent to an activating group) is 1. The third-order valence-electron chi connectivity index (χ3n) is 6.41.